The zero-order chi connectivity index (χ0) is 11.5. The van der Waals surface area contributed by atoms with Crippen molar-refractivity contribution in [2.45, 2.75) is 13.0 Å². The number of nitrogens with one attached hydrogen (secondary N) is 1. The molecule has 1 unspecified atom stereocenters. The topological polar surface area (TPSA) is 50.9 Å². The van der Waals surface area contributed by atoms with E-state index in [0.29, 0.717) is 0 Å². The summed E-state index contributed by atoms with van der Waals surface area (Å²) in [7, 11) is 0. The highest BCUT2D eigenvalue weighted by Gasteiger charge is 2.16. The van der Waals surface area contributed by atoms with E-state index in [1.54, 1.807) is 17.5 Å². The van der Waals surface area contributed by atoms with E-state index < -0.39 is 0 Å². The third-order valence-electron chi connectivity index (χ3n) is 2.37. The average Bonchev–Trinajstić information content (AvgIpc) is 2.67. The van der Waals surface area contributed by atoms with Crippen molar-refractivity contribution in [2.24, 2.45) is 5.84 Å². The van der Waals surface area contributed by atoms with Gasteiger partial charge in [-0.2, -0.15) is 11.3 Å². The fraction of sp³-hybridized carbons (Fsp3) is 0.182. The maximum absolute atomic E-state index is 5.63. The highest BCUT2D eigenvalue weighted by molar-refractivity contribution is 9.10. The van der Waals surface area contributed by atoms with E-state index >= 15 is 0 Å². The maximum atomic E-state index is 5.63. The summed E-state index contributed by atoms with van der Waals surface area (Å²) < 4.78 is 1.08. The van der Waals surface area contributed by atoms with Gasteiger partial charge in [-0.15, -0.1) is 0 Å². The molecule has 0 saturated heterocycles. The number of aryl methyl sites for hydroxylation is 1. The molecule has 0 aliphatic heterocycles. The van der Waals surface area contributed by atoms with Crippen LogP contribution in [-0.2, 0) is 0 Å². The van der Waals surface area contributed by atoms with Crippen LogP contribution in [0.25, 0.3) is 0 Å². The number of hydrogen-bond acceptors (Lipinski definition) is 4. The summed E-state index contributed by atoms with van der Waals surface area (Å²) in [4.78, 5) is 4.18. The van der Waals surface area contributed by atoms with Crippen LogP contribution in [0, 0.1) is 6.92 Å². The van der Waals surface area contributed by atoms with E-state index in [9.17, 15) is 0 Å². The number of pyridine rings is 1. The monoisotopic (exact) mass is 297 g/mol. The lowest BCUT2D eigenvalue weighted by molar-refractivity contribution is 0.635. The minimum atomic E-state index is 0.00215. The normalized spacial score (nSPS) is 12.7. The van der Waals surface area contributed by atoms with Crippen molar-refractivity contribution in [3.63, 3.8) is 0 Å². The van der Waals surface area contributed by atoms with Gasteiger partial charge in [-0.3, -0.25) is 10.8 Å². The van der Waals surface area contributed by atoms with Gasteiger partial charge in [0.15, 0.2) is 0 Å². The van der Waals surface area contributed by atoms with Crippen molar-refractivity contribution in [3.05, 3.63) is 50.4 Å². The minimum Gasteiger partial charge on any atom is -0.271 e. The van der Waals surface area contributed by atoms with E-state index in [2.05, 4.69) is 31.7 Å². The maximum Gasteiger partial charge on any atom is 0.0730 e. The lowest BCUT2D eigenvalue weighted by Crippen LogP contribution is -2.28. The van der Waals surface area contributed by atoms with E-state index in [0.717, 1.165) is 21.3 Å². The highest BCUT2D eigenvalue weighted by atomic mass is 79.9. The molecule has 0 aliphatic carbocycles. The minimum absolute atomic E-state index is 0.00215. The Labute approximate surface area is 107 Å². The predicted octanol–water partition coefficient (Wildman–Crippen LogP) is 2.77. The number of nitrogens with zero attached hydrogens (tertiary/aromatic N) is 1. The zero-order valence-electron chi connectivity index (χ0n) is 8.77. The molecule has 2 aromatic rings. The molecule has 0 aromatic carbocycles. The Bertz CT molecular complexity index is 484. The molecule has 0 aliphatic rings. The van der Waals surface area contributed by atoms with Gasteiger partial charge in [0.25, 0.3) is 0 Å². The molecule has 0 spiro atoms. The number of halogens is 1. The summed E-state index contributed by atoms with van der Waals surface area (Å²) in [5.74, 6) is 5.63. The fourth-order valence-corrected chi connectivity index (χ4v) is 3.16. The molecule has 5 heteroatoms. The number of hydrazine groups is 1. The van der Waals surface area contributed by atoms with Crippen molar-refractivity contribution in [2.75, 3.05) is 0 Å². The third-order valence-corrected chi connectivity index (χ3v) is 4.13. The highest BCUT2D eigenvalue weighted by Crippen LogP contribution is 2.31. The van der Waals surface area contributed by atoms with Crippen molar-refractivity contribution >= 4 is 27.3 Å². The zero-order valence-corrected chi connectivity index (χ0v) is 11.2. The van der Waals surface area contributed by atoms with Gasteiger partial charge in [-0.05, 0) is 51.5 Å². The quantitative estimate of drug-likeness (QED) is 0.677. The SMILES string of the molecule is Cc1cc(C(NN)c2cscc2Br)ccn1. The predicted molar refractivity (Wildman–Crippen MR) is 70.2 cm³/mol. The lowest BCUT2D eigenvalue weighted by atomic mass is 10.0. The molecule has 3 N–H and O–H groups in total. The van der Waals surface area contributed by atoms with Gasteiger partial charge >= 0.3 is 0 Å². The van der Waals surface area contributed by atoms with Crippen LogP contribution in [0.15, 0.2) is 33.6 Å². The molecule has 84 valence electrons. The van der Waals surface area contributed by atoms with Crippen LogP contribution in [0.3, 0.4) is 0 Å². The van der Waals surface area contributed by atoms with Gasteiger partial charge in [0.1, 0.15) is 0 Å². The van der Waals surface area contributed by atoms with Crippen molar-refractivity contribution in [3.8, 4) is 0 Å². The fourth-order valence-electron chi connectivity index (χ4n) is 1.61. The second-order valence-corrected chi connectivity index (χ2v) is 5.10. The van der Waals surface area contributed by atoms with Gasteiger partial charge in [0, 0.05) is 21.7 Å². The molecule has 1 atom stereocenters. The first-order valence-corrected chi connectivity index (χ1v) is 6.56. The molecule has 3 nitrogen and oxygen atoms in total. The van der Waals surface area contributed by atoms with Gasteiger partial charge in [0.05, 0.1) is 6.04 Å². The van der Waals surface area contributed by atoms with Crippen molar-refractivity contribution < 1.29 is 0 Å². The van der Waals surface area contributed by atoms with Crippen LogP contribution in [0.2, 0.25) is 0 Å². The first-order chi connectivity index (χ1) is 7.72. The molecule has 2 rings (SSSR count). The van der Waals surface area contributed by atoms with Crippen LogP contribution in [0.1, 0.15) is 22.9 Å². The first kappa shape index (κ1) is 11.7. The van der Waals surface area contributed by atoms with Gasteiger partial charge in [-0.1, -0.05) is 0 Å². The molecule has 0 radical (unpaired) electrons. The summed E-state index contributed by atoms with van der Waals surface area (Å²) in [6.07, 6.45) is 1.80. The molecule has 0 bridgehead atoms. The Morgan fingerprint density at radius 1 is 1.50 bits per heavy atom. The lowest BCUT2D eigenvalue weighted by Gasteiger charge is -2.16. The summed E-state index contributed by atoms with van der Waals surface area (Å²) in [5, 5.41) is 4.14. The van der Waals surface area contributed by atoms with Crippen LogP contribution >= 0.6 is 27.3 Å². The Morgan fingerprint density at radius 3 is 2.88 bits per heavy atom. The van der Waals surface area contributed by atoms with Gasteiger partial charge in [0.2, 0.25) is 0 Å². The number of rotatable bonds is 3. The Balaban J connectivity index is 2.40. The molecule has 0 fully saturated rings. The third kappa shape index (κ3) is 2.32. The molecular weight excluding hydrogens is 286 g/mol. The van der Waals surface area contributed by atoms with Crippen molar-refractivity contribution in [1.82, 2.24) is 10.4 Å². The number of thiophene rings is 1. The second kappa shape index (κ2) is 5.05. The van der Waals surface area contributed by atoms with Crippen LogP contribution in [0.5, 0.6) is 0 Å². The number of hydrogen-bond donors (Lipinski definition) is 2. The standard InChI is InChI=1S/C11H12BrN3S/c1-7-4-8(2-3-14-7)11(15-13)9-5-16-6-10(9)12/h2-6,11,15H,13H2,1H3. The molecule has 2 heterocycles. The molecule has 2 aromatic heterocycles. The summed E-state index contributed by atoms with van der Waals surface area (Å²) in [6, 6.07) is 4.01. The molecule has 0 amide bonds. The van der Waals surface area contributed by atoms with E-state index in [1.165, 1.54) is 0 Å². The second-order valence-electron chi connectivity index (χ2n) is 3.51. The van der Waals surface area contributed by atoms with E-state index in [1.807, 2.05) is 24.4 Å². The van der Waals surface area contributed by atoms with E-state index in [-0.39, 0.29) is 6.04 Å². The Kier molecular flexibility index (Phi) is 3.70. The van der Waals surface area contributed by atoms with E-state index in [4.69, 9.17) is 5.84 Å². The first-order valence-electron chi connectivity index (χ1n) is 4.82. The van der Waals surface area contributed by atoms with Gasteiger partial charge < -0.3 is 0 Å². The summed E-state index contributed by atoms with van der Waals surface area (Å²) >= 11 is 5.17. The molecular formula is C11H12BrN3S. The van der Waals surface area contributed by atoms with Crippen LogP contribution in [0.4, 0.5) is 0 Å². The summed E-state index contributed by atoms with van der Waals surface area (Å²) in [5.41, 5.74) is 6.10. The summed E-state index contributed by atoms with van der Waals surface area (Å²) in [6.45, 7) is 1.97. The average molecular weight is 298 g/mol. The smallest absolute Gasteiger partial charge is 0.0730 e. The largest absolute Gasteiger partial charge is 0.271 e. The molecule has 0 saturated carbocycles. The van der Waals surface area contributed by atoms with Crippen LogP contribution in [-0.4, -0.2) is 4.98 Å². The Hall–Kier alpha value is -0.750. The number of nitrogens with two attached hydrogens (primary N) is 1. The Morgan fingerprint density at radius 2 is 2.31 bits per heavy atom. The number of aromatic nitrogens is 1. The van der Waals surface area contributed by atoms with Crippen molar-refractivity contribution in [1.29, 1.82) is 0 Å². The van der Waals surface area contributed by atoms with Crippen LogP contribution < -0.4 is 11.3 Å². The molecule has 16 heavy (non-hydrogen) atoms. The van der Waals surface area contributed by atoms with Gasteiger partial charge in [-0.25, -0.2) is 5.43 Å².